The van der Waals surface area contributed by atoms with E-state index >= 15 is 0 Å². The summed E-state index contributed by atoms with van der Waals surface area (Å²) in [7, 11) is 4.41. The van der Waals surface area contributed by atoms with Crippen LogP contribution in [0.3, 0.4) is 0 Å². The molecule has 0 radical (unpaired) electrons. The van der Waals surface area contributed by atoms with Gasteiger partial charge in [-0.3, -0.25) is 4.79 Å². The number of amides is 1. The van der Waals surface area contributed by atoms with Gasteiger partial charge >= 0.3 is 5.97 Å². The number of nitrogens with one attached hydrogen (secondary N) is 1. The van der Waals surface area contributed by atoms with Crippen molar-refractivity contribution in [1.82, 2.24) is 5.43 Å². The summed E-state index contributed by atoms with van der Waals surface area (Å²) in [4.78, 5) is 25.0. The van der Waals surface area contributed by atoms with E-state index in [-0.39, 0.29) is 11.3 Å². The number of benzene rings is 3. The number of carbonyl (C=O) groups is 2. The second-order valence-corrected chi connectivity index (χ2v) is 7.01. The van der Waals surface area contributed by atoms with Gasteiger partial charge in [-0.15, -0.1) is 0 Å². The monoisotopic (exact) mass is 478 g/mol. The largest absolute Gasteiger partial charge is 0.493 e. The van der Waals surface area contributed by atoms with Crippen LogP contribution in [0, 0.1) is 0 Å². The van der Waals surface area contributed by atoms with Gasteiger partial charge in [-0.05, 0) is 55.0 Å². The maximum Gasteiger partial charge on any atom is 0.343 e. The summed E-state index contributed by atoms with van der Waals surface area (Å²) >= 11 is 0. The quantitative estimate of drug-likeness (QED) is 0.202. The topological polar surface area (TPSA) is 105 Å². The van der Waals surface area contributed by atoms with Crippen LogP contribution in [0.4, 0.5) is 0 Å². The molecule has 0 saturated carbocycles. The number of esters is 1. The molecule has 0 aromatic heterocycles. The Kier molecular flexibility index (Phi) is 8.66. The Morgan fingerprint density at radius 1 is 0.829 bits per heavy atom. The Balaban J connectivity index is 1.73. The first-order valence-corrected chi connectivity index (χ1v) is 10.7. The summed E-state index contributed by atoms with van der Waals surface area (Å²) in [6.07, 6.45) is 1.45. The van der Waals surface area contributed by atoms with Crippen LogP contribution in [0.2, 0.25) is 0 Å². The molecule has 1 amide bonds. The normalized spacial score (nSPS) is 10.5. The average Bonchev–Trinajstić information content (AvgIpc) is 2.89. The molecule has 182 valence electrons. The first-order chi connectivity index (χ1) is 17.0. The van der Waals surface area contributed by atoms with Crippen molar-refractivity contribution < 1.29 is 33.3 Å². The van der Waals surface area contributed by atoms with Crippen LogP contribution in [0.15, 0.2) is 65.8 Å². The van der Waals surface area contributed by atoms with Crippen LogP contribution < -0.4 is 29.1 Å². The first-order valence-electron chi connectivity index (χ1n) is 10.7. The van der Waals surface area contributed by atoms with Crippen molar-refractivity contribution in [1.29, 1.82) is 0 Å². The molecule has 9 heteroatoms. The van der Waals surface area contributed by atoms with Crippen LogP contribution in [0.5, 0.6) is 28.7 Å². The molecule has 0 aliphatic rings. The van der Waals surface area contributed by atoms with Gasteiger partial charge in [0.15, 0.2) is 23.0 Å². The van der Waals surface area contributed by atoms with Crippen molar-refractivity contribution >= 4 is 18.1 Å². The molecule has 3 aromatic rings. The molecule has 35 heavy (non-hydrogen) atoms. The van der Waals surface area contributed by atoms with Crippen molar-refractivity contribution in [2.45, 2.75) is 6.92 Å². The maximum atomic E-state index is 12.6. The van der Waals surface area contributed by atoms with E-state index in [1.54, 1.807) is 42.5 Å². The van der Waals surface area contributed by atoms with Crippen molar-refractivity contribution in [3.05, 3.63) is 77.4 Å². The van der Waals surface area contributed by atoms with Crippen molar-refractivity contribution in [2.75, 3.05) is 27.9 Å². The highest BCUT2D eigenvalue weighted by atomic mass is 16.6. The minimum Gasteiger partial charge on any atom is -0.493 e. The van der Waals surface area contributed by atoms with Gasteiger partial charge in [0.1, 0.15) is 0 Å². The molecule has 0 atom stereocenters. The third-order valence-corrected chi connectivity index (χ3v) is 4.79. The lowest BCUT2D eigenvalue weighted by molar-refractivity contribution is 0.0728. The zero-order valence-electron chi connectivity index (χ0n) is 19.9. The molecule has 3 aromatic carbocycles. The smallest absolute Gasteiger partial charge is 0.343 e. The lowest BCUT2D eigenvalue weighted by atomic mass is 10.1. The van der Waals surface area contributed by atoms with Gasteiger partial charge in [0.25, 0.3) is 5.91 Å². The van der Waals surface area contributed by atoms with E-state index in [4.69, 9.17) is 23.7 Å². The zero-order valence-corrected chi connectivity index (χ0v) is 19.9. The third kappa shape index (κ3) is 6.29. The number of methoxy groups -OCH3 is 3. The molecular weight excluding hydrogens is 452 g/mol. The lowest BCUT2D eigenvalue weighted by Gasteiger charge is -2.13. The van der Waals surface area contributed by atoms with Crippen LogP contribution in [0.25, 0.3) is 0 Å². The highest BCUT2D eigenvalue weighted by Gasteiger charge is 2.17. The average molecular weight is 479 g/mol. The van der Waals surface area contributed by atoms with Gasteiger partial charge in [0, 0.05) is 5.56 Å². The summed E-state index contributed by atoms with van der Waals surface area (Å²) in [5.41, 5.74) is 3.78. The van der Waals surface area contributed by atoms with Crippen LogP contribution in [0.1, 0.15) is 33.2 Å². The molecule has 0 saturated heterocycles. The van der Waals surface area contributed by atoms with E-state index in [1.165, 1.54) is 39.7 Å². The molecule has 0 bridgehead atoms. The number of carbonyl (C=O) groups excluding carboxylic acids is 2. The minimum absolute atomic E-state index is 0.273. The number of nitrogens with zero attached hydrogens (tertiary/aromatic N) is 1. The van der Waals surface area contributed by atoms with E-state index in [0.717, 1.165) is 0 Å². The summed E-state index contributed by atoms with van der Waals surface area (Å²) in [6, 6.07) is 16.7. The van der Waals surface area contributed by atoms with Gasteiger partial charge < -0.3 is 23.7 Å². The Labute approximate surface area is 203 Å². The molecule has 0 unspecified atom stereocenters. The molecule has 1 N–H and O–H groups in total. The summed E-state index contributed by atoms with van der Waals surface area (Å²) in [5, 5.41) is 4.01. The number of ether oxygens (including phenoxy) is 5. The minimum atomic E-state index is -0.495. The predicted octanol–water partition coefficient (Wildman–Crippen LogP) is 4.09. The molecule has 0 aliphatic heterocycles. The van der Waals surface area contributed by atoms with Crippen LogP contribution in [-0.2, 0) is 0 Å². The lowest BCUT2D eigenvalue weighted by Crippen LogP contribution is -2.18. The highest BCUT2D eigenvalue weighted by molar-refractivity contribution is 5.96. The fraction of sp³-hybridized carbons (Fsp3) is 0.192. The number of hydrogen-bond donors (Lipinski definition) is 1. The van der Waals surface area contributed by atoms with Crippen molar-refractivity contribution in [2.24, 2.45) is 5.10 Å². The van der Waals surface area contributed by atoms with E-state index in [0.29, 0.717) is 40.7 Å². The fourth-order valence-corrected chi connectivity index (χ4v) is 3.13. The standard InChI is InChI=1S/C26H26N2O7/c1-5-34-21-13-17(11-12-20(21)35-26(30)18-9-7-6-8-10-18)16-27-28-25(29)19-14-22(31-2)24(33-4)23(15-19)32-3/h6-16H,5H2,1-4H3,(H,28,29). The predicted molar refractivity (Wildman–Crippen MR) is 130 cm³/mol. The van der Waals surface area contributed by atoms with E-state index in [1.807, 2.05) is 13.0 Å². The molecule has 3 rings (SSSR count). The van der Waals surface area contributed by atoms with Gasteiger partial charge in [-0.25, -0.2) is 10.2 Å². The molecule has 0 heterocycles. The van der Waals surface area contributed by atoms with Gasteiger partial charge in [0.05, 0.1) is 39.7 Å². The van der Waals surface area contributed by atoms with Crippen LogP contribution in [-0.4, -0.2) is 46.0 Å². The molecule has 0 aliphatic carbocycles. The van der Waals surface area contributed by atoms with Crippen molar-refractivity contribution in [3.8, 4) is 28.7 Å². The van der Waals surface area contributed by atoms with Crippen LogP contribution >= 0.6 is 0 Å². The molecule has 9 nitrogen and oxygen atoms in total. The SMILES string of the molecule is CCOc1cc(C=NNC(=O)c2cc(OC)c(OC)c(OC)c2)ccc1OC(=O)c1ccccc1. The first kappa shape index (κ1) is 25.1. The van der Waals surface area contributed by atoms with Gasteiger partial charge in [-0.1, -0.05) is 18.2 Å². The van der Waals surface area contributed by atoms with E-state index in [2.05, 4.69) is 10.5 Å². The number of hydrogen-bond acceptors (Lipinski definition) is 8. The second-order valence-electron chi connectivity index (χ2n) is 7.01. The third-order valence-electron chi connectivity index (χ3n) is 4.79. The van der Waals surface area contributed by atoms with Gasteiger partial charge in [0.2, 0.25) is 5.75 Å². The Morgan fingerprint density at radius 2 is 1.51 bits per heavy atom. The number of hydrazone groups is 1. The highest BCUT2D eigenvalue weighted by Crippen LogP contribution is 2.38. The molecule has 0 spiro atoms. The second kappa shape index (κ2) is 12.1. The van der Waals surface area contributed by atoms with E-state index in [9.17, 15) is 9.59 Å². The molecular formula is C26H26N2O7. The Bertz CT molecular complexity index is 1180. The number of rotatable bonds is 10. The van der Waals surface area contributed by atoms with E-state index < -0.39 is 11.9 Å². The van der Waals surface area contributed by atoms with Gasteiger partial charge in [-0.2, -0.15) is 5.10 Å². The molecule has 0 fully saturated rings. The Morgan fingerprint density at radius 3 is 2.11 bits per heavy atom. The Hall–Kier alpha value is -4.53. The summed E-state index contributed by atoms with van der Waals surface area (Å²) < 4.78 is 26.9. The fourth-order valence-electron chi connectivity index (χ4n) is 3.13. The van der Waals surface area contributed by atoms with Crippen molar-refractivity contribution in [3.63, 3.8) is 0 Å². The summed E-state index contributed by atoms with van der Waals surface area (Å²) in [5.74, 6) is 0.762. The zero-order chi connectivity index (χ0) is 25.2. The maximum absolute atomic E-state index is 12.6. The summed E-state index contributed by atoms with van der Waals surface area (Å²) in [6.45, 7) is 2.19.